The summed E-state index contributed by atoms with van der Waals surface area (Å²) in [6, 6.07) is 13.5. The average molecular weight is 355 g/mol. The van der Waals surface area contributed by atoms with Crippen LogP contribution in [-0.4, -0.2) is 30.9 Å². The standard InChI is InChI=1S/C19H21N3O4/c1-3-26-19(25)14-4-6-17(7-5-14)22-18(24)12-20-15-8-10-16(11-9-15)21-13(2)23/h4-11,20H,3,12H2,1-2H3,(H,21,23)(H,22,24). The van der Waals surface area contributed by atoms with Crippen molar-refractivity contribution in [2.75, 3.05) is 29.1 Å². The van der Waals surface area contributed by atoms with Crippen molar-refractivity contribution in [2.45, 2.75) is 13.8 Å². The maximum atomic E-state index is 12.0. The number of anilines is 3. The molecule has 0 aliphatic carbocycles. The Labute approximate surface area is 151 Å². The zero-order valence-electron chi connectivity index (χ0n) is 14.7. The Morgan fingerprint density at radius 1 is 0.846 bits per heavy atom. The molecule has 136 valence electrons. The molecule has 3 N–H and O–H groups in total. The first-order chi connectivity index (χ1) is 12.5. The molecule has 0 fully saturated rings. The summed E-state index contributed by atoms with van der Waals surface area (Å²) in [6.45, 7) is 3.58. The van der Waals surface area contributed by atoms with Gasteiger partial charge in [0.25, 0.3) is 0 Å². The van der Waals surface area contributed by atoms with Crippen molar-refractivity contribution < 1.29 is 19.1 Å². The molecule has 2 aromatic rings. The SMILES string of the molecule is CCOC(=O)c1ccc(NC(=O)CNc2ccc(NC(C)=O)cc2)cc1. The van der Waals surface area contributed by atoms with Gasteiger partial charge in [0.05, 0.1) is 18.7 Å². The fraction of sp³-hybridized carbons (Fsp3) is 0.211. The van der Waals surface area contributed by atoms with E-state index < -0.39 is 5.97 Å². The number of ether oxygens (including phenoxy) is 1. The summed E-state index contributed by atoms with van der Waals surface area (Å²) in [5.41, 5.74) is 2.47. The molecule has 0 spiro atoms. The Kier molecular flexibility index (Phi) is 6.73. The van der Waals surface area contributed by atoms with Crippen LogP contribution < -0.4 is 16.0 Å². The Bertz CT molecular complexity index is 770. The lowest BCUT2D eigenvalue weighted by atomic mass is 10.2. The molecule has 7 nitrogen and oxygen atoms in total. The van der Waals surface area contributed by atoms with Crippen LogP contribution >= 0.6 is 0 Å². The lowest BCUT2D eigenvalue weighted by Gasteiger charge is -2.09. The lowest BCUT2D eigenvalue weighted by Crippen LogP contribution is -2.21. The van der Waals surface area contributed by atoms with Crippen molar-refractivity contribution in [1.29, 1.82) is 0 Å². The summed E-state index contributed by atoms with van der Waals surface area (Å²) in [5.74, 6) is -0.756. The minimum Gasteiger partial charge on any atom is -0.462 e. The molecule has 0 aliphatic rings. The molecule has 0 saturated carbocycles. The molecule has 0 atom stereocenters. The third-order valence-corrected chi connectivity index (χ3v) is 3.34. The highest BCUT2D eigenvalue weighted by Crippen LogP contribution is 2.14. The van der Waals surface area contributed by atoms with Gasteiger partial charge in [-0.3, -0.25) is 9.59 Å². The summed E-state index contributed by atoms with van der Waals surface area (Å²) < 4.78 is 4.91. The van der Waals surface area contributed by atoms with Gasteiger partial charge in [-0.25, -0.2) is 4.79 Å². The second kappa shape index (κ2) is 9.22. The maximum absolute atomic E-state index is 12.0. The first kappa shape index (κ1) is 19.0. The number of carbonyl (C=O) groups excluding carboxylic acids is 3. The molecule has 2 rings (SSSR count). The zero-order valence-corrected chi connectivity index (χ0v) is 14.7. The number of hydrogen-bond acceptors (Lipinski definition) is 5. The zero-order chi connectivity index (χ0) is 18.9. The third kappa shape index (κ3) is 5.94. The second-order valence-corrected chi connectivity index (χ2v) is 5.46. The topological polar surface area (TPSA) is 96.5 Å². The van der Waals surface area contributed by atoms with E-state index >= 15 is 0 Å². The van der Waals surface area contributed by atoms with Crippen LogP contribution in [0.25, 0.3) is 0 Å². The van der Waals surface area contributed by atoms with E-state index in [9.17, 15) is 14.4 Å². The minimum absolute atomic E-state index is 0.0825. The molecule has 0 bridgehead atoms. The van der Waals surface area contributed by atoms with Crippen LogP contribution in [0, 0.1) is 0 Å². The van der Waals surface area contributed by atoms with Crippen molar-refractivity contribution in [2.24, 2.45) is 0 Å². The van der Waals surface area contributed by atoms with E-state index in [4.69, 9.17) is 4.74 Å². The number of carbonyl (C=O) groups is 3. The molecule has 26 heavy (non-hydrogen) atoms. The molecule has 2 amide bonds. The molecule has 0 saturated heterocycles. The Morgan fingerprint density at radius 2 is 1.38 bits per heavy atom. The van der Waals surface area contributed by atoms with Crippen LogP contribution in [0.5, 0.6) is 0 Å². The normalized spacial score (nSPS) is 9.92. The average Bonchev–Trinajstić information content (AvgIpc) is 2.61. The highest BCUT2D eigenvalue weighted by molar-refractivity contribution is 5.95. The fourth-order valence-corrected chi connectivity index (χ4v) is 2.17. The summed E-state index contributed by atoms with van der Waals surface area (Å²) >= 11 is 0. The van der Waals surface area contributed by atoms with Crippen molar-refractivity contribution in [3.63, 3.8) is 0 Å². The van der Waals surface area contributed by atoms with Gasteiger partial charge in [-0.05, 0) is 55.5 Å². The van der Waals surface area contributed by atoms with Crippen LogP contribution in [0.15, 0.2) is 48.5 Å². The predicted octanol–water partition coefficient (Wildman–Crippen LogP) is 2.87. The fourth-order valence-electron chi connectivity index (χ4n) is 2.17. The van der Waals surface area contributed by atoms with Gasteiger partial charge in [0.15, 0.2) is 0 Å². The smallest absolute Gasteiger partial charge is 0.338 e. The Balaban J connectivity index is 1.83. The van der Waals surface area contributed by atoms with Crippen molar-refractivity contribution in [1.82, 2.24) is 0 Å². The Morgan fingerprint density at radius 3 is 1.96 bits per heavy atom. The highest BCUT2D eigenvalue weighted by Gasteiger charge is 2.07. The van der Waals surface area contributed by atoms with Gasteiger partial charge >= 0.3 is 5.97 Å². The molecule has 0 unspecified atom stereocenters. The van der Waals surface area contributed by atoms with E-state index in [2.05, 4.69) is 16.0 Å². The van der Waals surface area contributed by atoms with Gasteiger partial charge in [-0.15, -0.1) is 0 Å². The first-order valence-corrected chi connectivity index (χ1v) is 8.16. The summed E-state index contributed by atoms with van der Waals surface area (Å²) in [5, 5.41) is 8.40. The minimum atomic E-state index is -0.394. The Hall–Kier alpha value is -3.35. The van der Waals surface area contributed by atoms with E-state index in [0.29, 0.717) is 23.5 Å². The molecule has 7 heteroatoms. The van der Waals surface area contributed by atoms with Crippen molar-refractivity contribution in [3.8, 4) is 0 Å². The van der Waals surface area contributed by atoms with Crippen LogP contribution in [-0.2, 0) is 14.3 Å². The summed E-state index contributed by atoms with van der Waals surface area (Å²) in [6.07, 6.45) is 0. The monoisotopic (exact) mass is 355 g/mol. The predicted molar refractivity (Wildman–Crippen MR) is 100 cm³/mol. The number of nitrogens with one attached hydrogen (secondary N) is 3. The molecule has 0 aliphatic heterocycles. The maximum Gasteiger partial charge on any atom is 0.338 e. The van der Waals surface area contributed by atoms with E-state index in [1.54, 1.807) is 55.5 Å². The molecule has 2 aromatic carbocycles. The lowest BCUT2D eigenvalue weighted by molar-refractivity contribution is -0.115. The molecular formula is C19H21N3O4. The van der Waals surface area contributed by atoms with Crippen molar-refractivity contribution in [3.05, 3.63) is 54.1 Å². The molecule has 0 radical (unpaired) electrons. The quantitative estimate of drug-likeness (QED) is 0.664. The number of amides is 2. The van der Waals surface area contributed by atoms with Gasteiger partial charge in [-0.2, -0.15) is 0 Å². The summed E-state index contributed by atoms with van der Waals surface area (Å²) in [7, 11) is 0. The van der Waals surface area contributed by atoms with E-state index in [-0.39, 0.29) is 18.4 Å². The van der Waals surface area contributed by atoms with Crippen molar-refractivity contribution >= 4 is 34.8 Å². The van der Waals surface area contributed by atoms with Gasteiger partial charge in [0.1, 0.15) is 0 Å². The van der Waals surface area contributed by atoms with Gasteiger partial charge in [-0.1, -0.05) is 0 Å². The number of hydrogen-bond donors (Lipinski definition) is 3. The first-order valence-electron chi connectivity index (χ1n) is 8.16. The summed E-state index contributed by atoms with van der Waals surface area (Å²) in [4.78, 5) is 34.5. The molecule has 0 heterocycles. The van der Waals surface area contributed by atoms with Gasteiger partial charge in [0, 0.05) is 24.0 Å². The van der Waals surface area contributed by atoms with E-state index in [1.807, 2.05) is 0 Å². The van der Waals surface area contributed by atoms with Crippen LogP contribution in [0.4, 0.5) is 17.1 Å². The van der Waals surface area contributed by atoms with E-state index in [0.717, 1.165) is 5.69 Å². The molecular weight excluding hydrogens is 334 g/mol. The second-order valence-electron chi connectivity index (χ2n) is 5.46. The van der Waals surface area contributed by atoms with Crippen LogP contribution in [0.1, 0.15) is 24.2 Å². The van der Waals surface area contributed by atoms with Crippen LogP contribution in [0.3, 0.4) is 0 Å². The third-order valence-electron chi connectivity index (χ3n) is 3.34. The molecule has 0 aromatic heterocycles. The van der Waals surface area contributed by atoms with Crippen LogP contribution in [0.2, 0.25) is 0 Å². The number of esters is 1. The van der Waals surface area contributed by atoms with Gasteiger partial charge < -0.3 is 20.7 Å². The van der Waals surface area contributed by atoms with E-state index in [1.165, 1.54) is 6.92 Å². The van der Waals surface area contributed by atoms with Gasteiger partial charge in [0.2, 0.25) is 11.8 Å². The highest BCUT2D eigenvalue weighted by atomic mass is 16.5. The largest absolute Gasteiger partial charge is 0.462 e. The number of benzene rings is 2. The number of rotatable bonds is 7.